The maximum absolute atomic E-state index is 5.64. The highest BCUT2D eigenvalue weighted by molar-refractivity contribution is 5.79. The van der Waals surface area contributed by atoms with Crippen molar-refractivity contribution in [3.63, 3.8) is 0 Å². The highest BCUT2D eigenvalue weighted by Crippen LogP contribution is 2.16. The Labute approximate surface area is 96.5 Å². The molecule has 0 amide bonds. The zero-order valence-electron chi connectivity index (χ0n) is 9.90. The Morgan fingerprint density at radius 2 is 2.00 bits per heavy atom. The molecule has 0 aliphatic rings. The molecule has 1 aromatic carbocycles. The lowest BCUT2D eigenvalue weighted by atomic mass is 10.00. The number of hydrogen-bond acceptors (Lipinski definition) is 2. The first-order chi connectivity index (χ1) is 7.69. The molecule has 84 valence electrons. The number of aromatic nitrogens is 1. The second kappa shape index (κ2) is 4.62. The summed E-state index contributed by atoms with van der Waals surface area (Å²) in [6.07, 6.45) is 1.03. The van der Waals surface area contributed by atoms with E-state index < -0.39 is 0 Å². The van der Waals surface area contributed by atoms with E-state index in [2.05, 4.69) is 36.2 Å². The van der Waals surface area contributed by atoms with Crippen LogP contribution >= 0.6 is 0 Å². The Hall–Kier alpha value is -1.41. The molecule has 1 heterocycles. The van der Waals surface area contributed by atoms with E-state index in [0.29, 0.717) is 5.92 Å². The standard InChI is InChI=1S/C14H18N2/c1-10(9-15)7-12-4-6-13-5-3-11(2)16-14(13)8-12/h3-6,8,10H,7,9,15H2,1-2H3. The van der Waals surface area contributed by atoms with Crippen molar-refractivity contribution in [2.75, 3.05) is 6.54 Å². The highest BCUT2D eigenvalue weighted by atomic mass is 14.7. The normalized spacial score (nSPS) is 12.9. The number of pyridine rings is 1. The summed E-state index contributed by atoms with van der Waals surface area (Å²) in [5.41, 5.74) is 9.11. The Bertz CT molecular complexity index is 491. The maximum Gasteiger partial charge on any atom is 0.0707 e. The third kappa shape index (κ3) is 2.39. The highest BCUT2D eigenvalue weighted by Gasteiger charge is 2.03. The van der Waals surface area contributed by atoms with Crippen LogP contribution in [0, 0.1) is 12.8 Å². The molecule has 0 radical (unpaired) electrons. The number of rotatable bonds is 3. The quantitative estimate of drug-likeness (QED) is 0.853. The van der Waals surface area contributed by atoms with E-state index >= 15 is 0 Å². The lowest BCUT2D eigenvalue weighted by molar-refractivity contribution is 0.593. The summed E-state index contributed by atoms with van der Waals surface area (Å²) in [5, 5.41) is 1.20. The van der Waals surface area contributed by atoms with Crippen LogP contribution in [-0.2, 0) is 6.42 Å². The van der Waals surface area contributed by atoms with Gasteiger partial charge in [-0.05, 0) is 43.5 Å². The van der Waals surface area contributed by atoms with E-state index in [-0.39, 0.29) is 0 Å². The van der Waals surface area contributed by atoms with Crippen LogP contribution in [0.3, 0.4) is 0 Å². The van der Waals surface area contributed by atoms with E-state index in [1.807, 2.05) is 13.0 Å². The summed E-state index contributed by atoms with van der Waals surface area (Å²) in [5.74, 6) is 0.530. The molecular weight excluding hydrogens is 196 g/mol. The van der Waals surface area contributed by atoms with Gasteiger partial charge in [-0.15, -0.1) is 0 Å². The first kappa shape index (κ1) is 11.1. The second-order valence-electron chi connectivity index (χ2n) is 4.52. The van der Waals surface area contributed by atoms with Crippen molar-refractivity contribution in [1.82, 2.24) is 4.98 Å². The van der Waals surface area contributed by atoms with Crippen molar-refractivity contribution < 1.29 is 0 Å². The fourth-order valence-electron chi connectivity index (χ4n) is 1.88. The minimum Gasteiger partial charge on any atom is -0.330 e. The number of benzene rings is 1. The monoisotopic (exact) mass is 214 g/mol. The molecule has 0 saturated heterocycles. The number of nitrogens with zero attached hydrogens (tertiary/aromatic N) is 1. The van der Waals surface area contributed by atoms with Crippen molar-refractivity contribution in [3.05, 3.63) is 41.6 Å². The molecule has 1 unspecified atom stereocenters. The van der Waals surface area contributed by atoms with Gasteiger partial charge >= 0.3 is 0 Å². The summed E-state index contributed by atoms with van der Waals surface area (Å²) in [6.45, 7) is 4.93. The number of fused-ring (bicyclic) bond motifs is 1. The van der Waals surface area contributed by atoms with E-state index in [1.54, 1.807) is 0 Å². The summed E-state index contributed by atoms with van der Waals surface area (Å²) < 4.78 is 0. The summed E-state index contributed by atoms with van der Waals surface area (Å²) in [6, 6.07) is 10.7. The van der Waals surface area contributed by atoms with Crippen LogP contribution in [0.1, 0.15) is 18.2 Å². The van der Waals surface area contributed by atoms with Crippen LogP contribution in [0.4, 0.5) is 0 Å². The van der Waals surface area contributed by atoms with Gasteiger partial charge in [0.1, 0.15) is 0 Å². The zero-order valence-corrected chi connectivity index (χ0v) is 9.90. The van der Waals surface area contributed by atoms with Crippen LogP contribution in [-0.4, -0.2) is 11.5 Å². The average molecular weight is 214 g/mol. The van der Waals surface area contributed by atoms with E-state index in [4.69, 9.17) is 5.73 Å². The largest absolute Gasteiger partial charge is 0.330 e. The van der Waals surface area contributed by atoms with Gasteiger partial charge in [0, 0.05) is 11.1 Å². The van der Waals surface area contributed by atoms with Crippen molar-refractivity contribution in [3.8, 4) is 0 Å². The molecular formula is C14H18N2. The minimum absolute atomic E-state index is 0.530. The van der Waals surface area contributed by atoms with Crippen molar-refractivity contribution in [2.45, 2.75) is 20.3 Å². The second-order valence-corrected chi connectivity index (χ2v) is 4.52. The topological polar surface area (TPSA) is 38.9 Å². The Balaban J connectivity index is 2.35. The Morgan fingerprint density at radius 1 is 1.25 bits per heavy atom. The molecule has 1 aromatic heterocycles. The maximum atomic E-state index is 5.64. The van der Waals surface area contributed by atoms with Crippen molar-refractivity contribution in [2.24, 2.45) is 11.7 Å². The molecule has 0 spiro atoms. The van der Waals surface area contributed by atoms with Crippen molar-refractivity contribution >= 4 is 10.9 Å². The number of aryl methyl sites for hydroxylation is 1. The molecule has 0 aliphatic carbocycles. The lowest BCUT2D eigenvalue weighted by Crippen LogP contribution is -2.13. The molecule has 2 heteroatoms. The van der Waals surface area contributed by atoms with Gasteiger partial charge in [0.05, 0.1) is 5.52 Å². The predicted molar refractivity (Wildman–Crippen MR) is 68.4 cm³/mol. The van der Waals surface area contributed by atoms with Crippen LogP contribution in [0.15, 0.2) is 30.3 Å². The third-order valence-corrected chi connectivity index (χ3v) is 2.88. The van der Waals surface area contributed by atoms with E-state index in [9.17, 15) is 0 Å². The smallest absolute Gasteiger partial charge is 0.0707 e. The van der Waals surface area contributed by atoms with Crippen LogP contribution < -0.4 is 5.73 Å². The number of hydrogen-bond donors (Lipinski definition) is 1. The summed E-state index contributed by atoms with van der Waals surface area (Å²) in [7, 11) is 0. The Kier molecular flexibility index (Phi) is 3.20. The average Bonchev–Trinajstić information content (AvgIpc) is 2.28. The first-order valence-electron chi connectivity index (χ1n) is 5.75. The lowest BCUT2D eigenvalue weighted by Gasteiger charge is -2.09. The van der Waals surface area contributed by atoms with E-state index in [1.165, 1.54) is 10.9 Å². The first-order valence-corrected chi connectivity index (χ1v) is 5.75. The minimum atomic E-state index is 0.530. The summed E-state index contributed by atoms with van der Waals surface area (Å²) in [4.78, 5) is 4.54. The molecule has 0 saturated carbocycles. The van der Waals surface area contributed by atoms with Gasteiger partial charge in [0.2, 0.25) is 0 Å². The summed E-state index contributed by atoms with van der Waals surface area (Å²) >= 11 is 0. The molecule has 2 rings (SSSR count). The molecule has 16 heavy (non-hydrogen) atoms. The van der Waals surface area contributed by atoms with Crippen LogP contribution in [0.2, 0.25) is 0 Å². The van der Waals surface area contributed by atoms with E-state index in [0.717, 1.165) is 24.2 Å². The van der Waals surface area contributed by atoms with Gasteiger partial charge in [-0.3, -0.25) is 4.98 Å². The molecule has 2 aromatic rings. The predicted octanol–water partition coefficient (Wildman–Crippen LogP) is 2.68. The molecule has 1 atom stereocenters. The Morgan fingerprint density at radius 3 is 2.75 bits per heavy atom. The van der Waals surface area contributed by atoms with Gasteiger partial charge in [-0.25, -0.2) is 0 Å². The van der Waals surface area contributed by atoms with Gasteiger partial charge in [0.15, 0.2) is 0 Å². The molecule has 0 bridgehead atoms. The SMILES string of the molecule is Cc1ccc2ccc(CC(C)CN)cc2n1. The third-order valence-electron chi connectivity index (χ3n) is 2.88. The van der Waals surface area contributed by atoms with Crippen LogP contribution in [0.5, 0.6) is 0 Å². The van der Waals surface area contributed by atoms with Gasteiger partial charge < -0.3 is 5.73 Å². The van der Waals surface area contributed by atoms with Gasteiger partial charge in [-0.2, -0.15) is 0 Å². The molecule has 2 nitrogen and oxygen atoms in total. The molecule has 0 aliphatic heterocycles. The van der Waals surface area contributed by atoms with Gasteiger partial charge in [-0.1, -0.05) is 25.1 Å². The fraction of sp³-hybridized carbons (Fsp3) is 0.357. The zero-order chi connectivity index (χ0) is 11.5. The number of nitrogens with two attached hydrogens (primary N) is 1. The molecule has 0 fully saturated rings. The van der Waals surface area contributed by atoms with Crippen molar-refractivity contribution in [1.29, 1.82) is 0 Å². The van der Waals surface area contributed by atoms with Crippen LogP contribution in [0.25, 0.3) is 10.9 Å². The molecule has 2 N–H and O–H groups in total. The van der Waals surface area contributed by atoms with Gasteiger partial charge in [0.25, 0.3) is 0 Å². The fourth-order valence-corrected chi connectivity index (χ4v) is 1.88.